The van der Waals surface area contributed by atoms with E-state index in [1.807, 2.05) is 37.3 Å². The van der Waals surface area contributed by atoms with Crippen LogP contribution >= 0.6 is 0 Å². The van der Waals surface area contributed by atoms with E-state index in [1.165, 1.54) is 0 Å². The largest absolute Gasteiger partial charge is 0.497 e. The Hall–Kier alpha value is -1.74. The average Bonchev–Trinajstić information content (AvgIpc) is 2.88. The Morgan fingerprint density at radius 1 is 1.33 bits per heavy atom. The van der Waals surface area contributed by atoms with Crippen LogP contribution in [-0.2, 0) is 6.42 Å². The minimum atomic E-state index is -0.471. The maximum Gasteiger partial charge on any atom is 0.119 e. The molecule has 0 fully saturated rings. The molecule has 1 N–H and O–H groups in total. The summed E-state index contributed by atoms with van der Waals surface area (Å²) in [7, 11) is 1.64. The lowest BCUT2D eigenvalue weighted by Gasteiger charge is -2.14. The molecule has 0 radical (unpaired) electrons. The number of hydrogen-bond donors (Lipinski definition) is 1. The lowest BCUT2D eigenvalue weighted by atomic mass is 9.99. The molecule has 1 aromatic carbocycles. The minimum absolute atomic E-state index is 0.471. The van der Waals surface area contributed by atoms with Crippen molar-refractivity contribution in [2.75, 3.05) is 7.11 Å². The molecule has 0 saturated carbocycles. The van der Waals surface area contributed by atoms with Gasteiger partial charge in [0.05, 0.1) is 19.5 Å². The summed E-state index contributed by atoms with van der Waals surface area (Å²) in [5.41, 5.74) is 1.99. The summed E-state index contributed by atoms with van der Waals surface area (Å²) >= 11 is 0. The average molecular weight is 246 g/mol. The third-order valence-electron chi connectivity index (χ3n) is 3.08. The van der Waals surface area contributed by atoms with Crippen molar-refractivity contribution in [3.8, 4) is 5.75 Å². The first-order valence-electron chi connectivity index (χ1n) is 6.05. The van der Waals surface area contributed by atoms with Crippen molar-refractivity contribution in [2.45, 2.75) is 25.9 Å². The van der Waals surface area contributed by atoms with Gasteiger partial charge in [0, 0.05) is 6.42 Å². The molecule has 0 aliphatic rings. The molecule has 0 aliphatic heterocycles. The van der Waals surface area contributed by atoms with E-state index >= 15 is 0 Å². The highest BCUT2D eigenvalue weighted by atomic mass is 16.5. The van der Waals surface area contributed by atoms with Crippen LogP contribution in [0.3, 0.4) is 0 Å². The van der Waals surface area contributed by atoms with Crippen molar-refractivity contribution >= 4 is 0 Å². The zero-order valence-corrected chi connectivity index (χ0v) is 10.7. The fraction of sp³-hybridized carbons (Fsp3) is 0.333. The van der Waals surface area contributed by atoms with Gasteiger partial charge in [-0.05, 0) is 48.7 Å². The van der Waals surface area contributed by atoms with E-state index in [0.717, 1.165) is 29.1 Å². The SMILES string of the molecule is COc1ccc(C(O)CCc2ccco2)c(C)c1. The molecular formula is C15H18O3. The Morgan fingerprint density at radius 2 is 2.17 bits per heavy atom. The van der Waals surface area contributed by atoms with Crippen LogP contribution in [0.25, 0.3) is 0 Å². The molecule has 0 saturated heterocycles. The predicted octanol–water partition coefficient (Wildman–Crippen LogP) is 3.26. The van der Waals surface area contributed by atoms with Gasteiger partial charge < -0.3 is 14.3 Å². The number of aliphatic hydroxyl groups is 1. The molecule has 0 bridgehead atoms. The minimum Gasteiger partial charge on any atom is -0.497 e. The standard InChI is InChI=1S/C15H18O3/c1-11-10-13(17-2)5-7-14(11)15(16)8-6-12-4-3-9-18-12/h3-5,7,9-10,15-16H,6,8H2,1-2H3. The molecule has 0 aliphatic carbocycles. The second kappa shape index (κ2) is 5.74. The van der Waals surface area contributed by atoms with Crippen LogP contribution in [0.1, 0.15) is 29.4 Å². The fourth-order valence-corrected chi connectivity index (χ4v) is 2.04. The number of aryl methyl sites for hydroxylation is 2. The van der Waals surface area contributed by atoms with Crippen molar-refractivity contribution in [3.05, 3.63) is 53.5 Å². The zero-order valence-electron chi connectivity index (χ0n) is 10.7. The smallest absolute Gasteiger partial charge is 0.119 e. The number of aliphatic hydroxyl groups excluding tert-OH is 1. The van der Waals surface area contributed by atoms with Crippen molar-refractivity contribution in [3.63, 3.8) is 0 Å². The van der Waals surface area contributed by atoms with E-state index < -0.39 is 6.10 Å². The highest BCUT2D eigenvalue weighted by Crippen LogP contribution is 2.25. The van der Waals surface area contributed by atoms with Crippen LogP contribution in [0.15, 0.2) is 41.0 Å². The summed E-state index contributed by atoms with van der Waals surface area (Å²) in [5, 5.41) is 10.2. The van der Waals surface area contributed by atoms with Crippen LogP contribution in [-0.4, -0.2) is 12.2 Å². The van der Waals surface area contributed by atoms with Gasteiger partial charge >= 0.3 is 0 Å². The molecule has 0 amide bonds. The highest BCUT2D eigenvalue weighted by molar-refractivity contribution is 5.36. The van der Waals surface area contributed by atoms with Gasteiger partial charge in [0.25, 0.3) is 0 Å². The lowest BCUT2D eigenvalue weighted by Crippen LogP contribution is -2.02. The lowest BCUT2D eigenvalue weighted by molar-refractivity contribution is 0.164. The first kappa shape index (κ1) is 12.7. The van der Waals surface area contributed by atoms with Gasteiger partial charge in [-0.25, -0.2) is 0 Å². The third-order valence-corrected chi connectivity index (χ3v) is 3.08. The number of ether oxygens (including phenoxy) is 1. The van der Waals surface area contributed by atoms with E-state index in [2.05, 4.69) is 0 Å². The predicted molar refractivity (Wildman–Crippen MR) is 69.7 cm³/mol. The summed E-state index contributed by atoms with van der Waals surface area (Å²) in [6, 6.07) is 9.51. The van der Waals surface area contributed by atoms with Crippen molar-refractivity contribution < 1.29 is 14.3 Å². The fourth-order valence-electron chi connectivity index (χ4n) is 2.04. The molecule has 3 nitrogen and oxygen atoms in total. The summed E-state index contributed by atoms with van der Waals surface area (Å²) in [4.78, 5) is 0. The molecule has 2 aromatic rings. The number of methoxy groups -OCH3 is 1. The number of furan rings is 1. The van der Waals surface area contributed by atoms with Gasteiger partial charge in [-0.3, -0.25) is 0 Å². The highest BCUT2D eigenvalue weighted by Gasteiger charge is 2.11. The van der Waals surface area contributed by atoms with Crippen LogP contribution in [0.2, 0.25) is 0 Å². The van der Waals surface area contributed by atoms with E-state index in [1.54, 1.807) is 13.4 Å². The normalized spacial score (nSPS) is 12.4. The van der Waals surface area contributed by atoms with Gasteiger partial charge in [-0.2, -0.15) is 0 Å². The van der Waals surface area contributed by atoms with Gasteiger partial charge in [0.1, 0.15) is 11.5 Å². The first-order valence-corrected chi connectivity index (χ1v) is 6.05. The van der Waals surface area contributed by atoms with Gasteiger partial charge in [-0.15, -0.1) is 0 Å². The molecule has 1 unspecified atom stereocenters. The molecule has 0 spiro atoms. The van der Waals surface area contributed by atoms with Gasteiger partial charge in [-0.1, -0.05) is 6.07 Å². The monoisotopic (exact) mass is 246 g/mol. The number of hydrogen-bond acceptors (Lipinski definition) is 3. The Morgan fingerprint density at radius 3 is 2.78 bits per heavy atom. The van der Waals surface area contributed by atoms with E-state index in [9.17, 15) is 5.11 Å². The molecule has 1 heterocycles. The second-order valence-electron chi connectivity index (χ2n) is 4.36. The Bertz CT molecular complexity index is 488. The third kappa shape index (κ3) is 2.93. The Labute approximate surface area is 107 Å². The first-order chi connectivity index (χ1) is 8.70. The van der Waals surface area contributed by atoms with Crippen molar-refractivity contribution in [2.24, 2.45) is 0 Å². The summed E-state index contributed by atoms with van der Waals surface area (Å²) in [5.74, 6) is 1.72. The van der Waals surface area contributed by atoms with Crippen LogP contribution < -0.4 is 4.74 Å². The van der Waals surface area contributed by atoms with Crippen molar-refractivity contribution in [1.29, 1.82) is 0 Å². The van der Waals surface area contributed by atoms with Gasteiger partial charge in [0.15, 0.2) is 0 Å². The molecule has 3 heteroatoms. The maximum atomic E-state index is 10.2. The summed E-state index contributed by atoms with van der Waals surface area (Å²) in [6.07, 6.45) is 2.57. The molecule has 1 atom stereocenters. The molecular weight excluding hydrogens is 228 g/mol. The number of benzene rings is 1. The Kier molecular flexibility index (Phi) is 4.05. The van der Waals surface area contributed by atoms with E-state index in [4.69, 9.17) is 9.15 Å². The van der Waals surface area contributed by atoms with Crippen LogP contribution in [0.5, 0.6) is 5.75 Å². The van der Waals surface area contributed by atoms with Crippen LogP contribution in [0, 0.1) is 6.92 Å². The summed E-state index contributed by atoms with van der Waals surface area (Å²) in [6.45, 7) is 1.98. The topological polar surface area (TPSA) is 42.6 Å². The van der Waals surface area contributed by atoms with E-state index in [-0.39, 0.29) is 0 Å². The second-order valence-corrected chi connectivity index (χ2v) is 4.36. The summed E-state index contributed by atoms with van der Waals surface area (Å²) < 4.78 is 10.4. The number of rotatable bonds is 5. The van der Waals surface area contributed by atoms with Crippen molar-refractivity contribution in [1.82, 2.24) is 0 Å². The zero-order chi connectivity index (χ0) is 13.0. The van der Waals surface area contributed by atoms with Crippen LogP contribution in [0.4, 0.5) is 0 Å². The van der Waals surface area contributed by atoms with Gasteiger partial charge in [0.2, 0.25) is 0 Å². The molecule has 96 valence electrons. The van der Waals surface area contributed by atoms with E-state index in [0.29, 0.717) is 6.42 Å². The Balaban J connectivity index is 2.02. The maximum absolute atomic E-state index is 10.2. The quantitative estimate of drug-likeness (QED) is 0.880. The molecule has 1 aromatic heterocycles. The molecule has 18 heavy (non-hydrogen) atoms. The molecule has 2 rings (SSSR count).